The van der Waals surface area contributed by atoms with Gasteiger partial charge in [0.25, 0.3) is 0 Å². The Bertz CT molecular complexity index is 521. The number of methoxy groups -OCH3 is 2. The molecule has 1 N–H and O–H groups in total. The minimum absolute atomic E-state index is 0.0366. The molecule has 122 valence electrons. The van der Waals surface area contributed by atoms with Crippen LogP contribution in [-0.2, 0) is 9.59 Å². The van der Waals surface area contributed by atoms with Gasteiger partial charge in [0, 0.05) is 30.7 Å². The van der Waals surface area contributed by atoms with Gasteiger partial charge in [0.15, 0.2) is 11.5 Å². The number of carbonyl (C=O) groups is 2. The molecule has 0 saturated heterocycles. The van der Waals surface area contributed by atoms with Crippen molar-refractivity contribution in [3.8, 4) is 11.5 Å². The normalized spacial score (nSPS) is 10.1. The molecule has 0 aromatic heterocycles. The minimum Gasteiger partial charge on any atom is -0.493 e. The monoisotopic (exact) mass is 327 g/mol. The Labute approximate surface area is 134 Å². The van der Waals surface area contributed by atoms with Crippen LogP contribution in [0.25, 0.3) is 0 Å². The van der Waals surface area contributed by atoms with Crippen LogP contribution in [0.15, 0.2) is 23.1 Å². The lowest BCUT2D eigenvalue weighted by Gasteiger charge is -2.15. The molecule has 0 aliphatic heterocycles. The van der Waals surface area contributed by atoms with Gasteiger partial charge in [-0.25, -0.2) is 0 Å². The molecule has 0 radical (unpaired) electrons. The molecule has 0 aliphatic rings. The highest BCUT2D eigenvalue weighted by molar-refractivity contribution is 7.99. The average Bonchev–Trinajstić information content (AvgIpc) is 2.52. The second-order valence-corrected chi connectivity index (χ2v) is 5.74. The largest absolute Gasteiger partial charge is 0.493 e. The van der Waals surface area contributed by atoms with Gasteiger partial charge in [-0.15, -0.1) is 11.8 Å². The van der Waals surface area contributed by atoms with Crippen molar-refractivity contribution in [2.45, 2.75) is 17.7 Å². The van der Waals surface area contributed by atoms with E-state index in [1.54, 1.807) is 21.3 Å². The Morgan fingerprint density at radius 1 is 1.18 bits per heavy atom. The highest BCUT2D eigenvalue weighted by Gasteiger charge is 2.11. The first kappa shape index (κ1) is 18.2. The number of carboxylic acid groups (broad SMARTS) is 1. The lowest BCUT2D eigenvalue weighted by Crippen LogP contribution is -2.29. The zero-order valence-electron chi connectivity index (χ0n) is 13.0. The summed E-state index contributed by atoms with van der Waals surface area (Å²) in [6.45, 7) is 0.231. The number of hydrogen-bond acceptors (Lipinski definition) is 5. The highest BCUT2D eigenvalue weighted by atomic mass is 32.2. The van der Waals surface area contributed by atoms with Crippen molar-refractivity contribution in [3.05, 3.63) is 18.2 Å². The van der Waals surface area contributed by atoms with E-state index in [4.69, 9.17) is 14.6 Å². The third kappa shape index (κ3) is 5.85. The van der Waals surface area contributed by atoms with Crippen LogP contribution in [0, 0.1) is 0 Å². The van der Waals surface area contributed by atoms with Gasteiger partial charge in [-0.2, -0.15) is 0 Å². The Hall–Kier alpha value is -1.89. The first-order chi connectivity index (χ1) is 10.5. The molecule has 1 aromatic carbocycles. The first-order valence-electron chi connectivity index (χ1n) is 6.78. The molecule has 1 amide bonds. The van der Waals surface area contributed by atoms with E-state index in [-0.39, 0.29) is 18.9 Å². The maximum absolute atomic E-state index is 11.8. The quantitative estimate of drug-likeness (QED) is 0.700. The molecule has 0 atom stereocenters. The maximum Gasteiger partial charge on any atom is 0.305 e. The Balaban J connectivity index is 2.43. The summed E-state index contributed by atoms with van der Waals surface area (Å²) in [7, 11) is 4.77. The van der Waals surface area contributed by atoms with Gasteiger partial charge in [-0.3, -0.25) is 9.59 Å². The fourth-order valence-corrected chi connectivity index (χ4v) is 2.61. The first-order valence-corrected chi connectivity index (χ1v) is 7.77. The number of ether oxygens (including phenoxy) is 2. The van der Waals surface area contributed by atoms with Gasteiger partial charge >= 0.3 is 5.97 Å². The third-order valence-corrected chi connectivity index (χ3v) is 4.02. The van der Waals surface area contributed by atoms with Crippen LogP contribution in [0.4, 0.5) is 0 Å². The number of nitrogens with zero attached hydrogens (tertiary/aromatic N) is 1. The third-order valence-electron chi connectivity index (χ3n) is 3.03. The smallest absolute Gasteiger partial charge is 0.305 e. The molecule has 0 heterocycles. The van der Waals surface area contributed by atoms with E-state index in [1.165, 1.54) is 16.7 Å². The molecule has 7 heteroatoms. The summed E-state index contributed by atoms with van der Waals surface area (Å²) >= 11 is 1.54. The second kappa shape index (κ2) is 9.19. The number of carbonyl (C=O) groups excluding carboxylic acids is 1. The SMILES string of the molecule is COc1ccc(SCCC(=O)N(C)CCC(=O)O)cc1OC. The molecule has 0 aliphatic carbocycles. The molecule has 6 nitrogen and oxygen atoms in total. The van der Waals surface area contributed by atoms with Crippen LogP contribution in [0.3, 0.4) is 0 Å². The zero-order chi connectivity index (χ0) is 16.5. The number of aliphatic carboxylic acids is 1. The van der Waals surface area contributed by atoms with Crippen LogP contribution >= 0.6 is 11.8 Å². The number of thioether (sulfide) groups is 1. The van der Waals surface area contributed by atoms with E-state index >= 15 is 0 Å². The molecule has 0 spiro atoms. The lowest BCUT2D eigenvalue weighted by atomic mass is 10.3. The van der Waals surface area contributed by atoms with Crippen molar-refractivity contribution >= 4 is 23.6 Å². The Morgan fingerprint density at radius 3 is 2.45 bits per heavy atom. The van der Waals surface area contributed by atoms with E-state index < -0.39 is 5.97 Å². The van der Waals surface area contributed by atoms with Crippen molar-refractivity contribution in [1.29, 1.82) is 0 Å². The number of carboxylic acids is 1. The summed E-state index contributed by atoms with van der Waals surface area (Å²) in [4.78, 5) is 24.8. The van der Waals surface area contributed by atoms with E-state index in [2.05, 4.69) is 0 Å². The van der Waals surface area contributed by atoms with Gasteiger partial charge in [0.2, 0.25) is 5.91 Å². The predicted octanol–water partition coefficient (Wildman–Crippen LogP) is 2.12. The van der Waals surface area contributed by atoms with Crippen molar-refractivity contribution in [2.75, 3.05) is 33.6 Å². The van der Waals surface area contributed by atoms with Crippen LogP contribution < -0.4 is 9.47 Å². The molecular formula is C15H21NO5S. The molecule has 1 rings (SSSR count). The standard InChI is InChI=1S/C15H21NO5S/c1-16(8-6-15(18)19)14(17)7-9-22-11-4-5-12(20-2)13(10-11)21-3/h4-5,10H,6-9H2,1-3H3,(H,18,19). The number of amides is 1. The topological polar surface area (TPSA) is 76.1 Å². The molecule has 0 bridgehead atoms. The van der Waals surface area contributed by atoms with Gasteiger partial charge in [0.1, 0.15) is 0 Å². The number of rotatable bonds is 9. The summed E-state index contributed by atoms with van der Waals surface area (Å²) < 4.78 is 10.4. The lowest BCUT2D eigenvalue weighted by molar-refractivity contribution is -0.138. The maximum atomic E-state index is 11.8. The summed E-state index contributed by atoms with van der Waals surface area (Å²) in [5, 5.41) is 8.60. The van der Waals surface area contributed by atoms with Crippen molar-refractivity contribution < 1.29 is 24.2 Å². The van der Waals surface area contributed by atoms with Gasteiger partial charge in [-0.05, 0) is 18.2 Å². The fourth-order valence-electron chi connectivity index (χ4n) is 1.74. The molecule has 0 unspecified atom stereocenters. The fraction of sp³-hybridized carbons (Fsp3) is 0.467. The van der Waals surface area contributed by atoms with E-state index in [0.717, 1.165) is 4.90 Å². The van der Waals surface area contributed by atoms with Crippen molar-refractivity contribution in [2.24, 2.45) is 0 Å². The summed E-state index contributed by atoms with van der Waals surface area (Å²) in [5.41, 5.74) is 0. The summed E-state index contributed by atoms with van der Waals surface area (Å²) in [5.74, 6) is 0.966. The minimum atomic E-state index is -0.903. The molecular weight excluding hydrogens is 306 g/mol. The van der Waals surface area contributed by atoms with Crippen molar-refractivity contribution in [1.82, 2.24) is 4.90 Å². The van der Waals surface area contributed by atoms with E-state index in [9.17, 15) is 9.59 Å². The van der Waals surface area contributed by atoms with E-state index in [0.29, 0.717) is 23.7 Å². The Kier molecular flexibility index (Phi) is 7.59. The molecule has 0 saturated carbocycles. The van der Waals surface area contributed by atoms with E-state index in [1.807, 2.05) is 18.2 Å². The average molecular weight is 327 g/mol. The Morgan fingerprint density at radius 2 is 1.86 bits per heavy atom. The predicted molar refractivity (Wildman–Crippen MR) is 84.8 cm³/mol. The second-order valence-electron chi connectivity index (χ2n) is 4.57. The molecule has 22 heavy (non-hydrogen) atoms. The van der Waals surface area contributed by atoms with Gasteiger partial charge in [-0.1, -0.05) is 0 Å². The van der Waals surface area contributed by atoms with Crippen LogP contribution in [-0.4, -0.2) is 55.4 Å². The highest BCUT2D eigenvalue weighted by Crippen LogP contribution is 2.32. The molecule has 1 aromatic rings. The summed E-state index contributed by atoms with van der Waals surface area (Å²) in [6.07, 6.45) is 0.320. The number of hydrogen-bond donors (Lipinski definition) is 1. The molecule has 0 fully saturated rings. The van der Waals surface area contributed by atoms with Gasteiger partial charge in [0.05, 0.1) is 20.6 Å². The van der Waals surface area contributed by atoms with Crippen molar-refractivity contribution in [3.63, 3.8) is 0 Å². The number of benzene rings is 1. The van der Waals surface area contributed by atoms with Crippen LogP contribution in [0.2, 0.25) is 0 Å². The van der Waals surface area contributed by atoms with Gasteiger partial charge < -0.3 is 19.5 Å². The zero-order valence-corrected chi connectivity index (χ0v) is 13.8. The summed E-state index contributed by atoms with van der Waals surface area (Å²) in [6, 6.07) is 5.59. The van der Waals surface area contributed by atoms with Crippen LogP contribution in [0.1, 0.15) is 12.8 Å². The van der Waals surface area contributed by atoms with Crippen LogP contribution in [0.5, 0.6) is 11.5 Å².